The second-order valence-corrected chi connectivity index (χ2v) is 6.00. The third-order valence-electron chi connectivity index (χ3n) is 4.26. The summed E-state index contributed by atoms with van der Waals surface area (Å²) < 4.78 is 14.3. The van der Waals surface area contributed by atoms with Gasteiger partial charge in [-0.1, -0.05) is 0 Å². The van der Waals surface area contributed by atoms with Gasteiger partial charge in [0.25, 0.3) is 0 Å². The molecule has 3 aromatic heterocycles. The number of aryl methyl sites for hydroxylation is 1. The first kappa shape index (κ1) is 17.7. The molecule has 3 aromatic rings. The molecule has 7 nitrogen and oxygen atoms in total. The molecule has 0 radical (unpaired) electrons. The smallest absolute Gasteiger partial charge is 0.374 e. The number of aromatic nitrogens is 3. The normalized spacial score (nSPS) is 10.9. The van der Waals surface area contributed by atoms with E-state index in [0.717, 1.165) is 17.9 Å². The van der Waals surface area contributed by atoms with Crippen LogP contribution in [0.15, 0.2) is 41.1 Å². The molecule has 136 valence electrons. The average molecular weight is 355 g/mol. The third-order valence-corrected chi connectivity index (χ3v) is 4.26. The van der Waals surface area contributed by atoms with Gasteiger partial charge in [0, 0.05) is 35.9 Å². The number of furan rings is 1. The number of ether oxygens (including phenoxy) is 1. The first-order valence-electron chi connectivity index (χ1n) is 8.42. The number of carbonyl (C=O) groups is 2. The molecule has 0 aromatic carbocycles. The lowest BCUT2D eigenvalue weighted by Crippen LogP contribution is -2.14. The fraction of sp³-hybridized carbons (Fsp3) is 0.316. The number of carbonyl (C=O) groups excluding carboxylic acids is 2. The van der Waals surface area contributed by atoms with Crippen LogP contribution < -0.4 is 0 Å². The van der Waals surface area contributed by atoms with Gasteiger partial charge >= 0.3 is 5.97 Å². The summed E-state index contributed by atoms with van der Waals surface area (Å²) in [6.45, 7) is 6.75. The van der Waals surface area contributed by atoms with Gasteiger partial charge in [-0.15, -0.1) is 0 Å². The molecule has 3 rings (SSSR count). The topological polar surface area (TPSA) is 79.3 Å². The Hall–Kier alpha value is -3.09. The Morgan fingerprint density at radius 1 is 1.27 bits per heavy atom. The molecule has 0 aliphatic heterocycles. The van der Waals surface area contributed by atoms with E-state index in [1.54, 1.807) is 29.2 Å². The van der Waals surface area contributed by atoms with Gasteiger partial charge in [0.05, 0.1) is 6.54 Å². The number of ketones is 1. The van der Waals surface area contributed by atoms with Crippen LogP contribution in [0.5, 0.6) is 0 Å². The molecule has 0 fully saturated rings. The summed E-state index contributed by atoms with van der Waals surface area (Å²) in [4.78, 5) is 24.5. The van der Waals surface area contributed by atoms with Crippen LogP contribution in [0.25, 0.3) is 0 Å². The van der Waals surface area contributed by atoms with Crippen LogP contribution in [-0.4, -0.2) is 32.7 Å². The first-order valence-corrected chi connectivity index (χ1v) is 8.42. The van der Waals surface area contributed by atoms with E-state index in [9.17, 15) is 9.59 Å². The van der Waals surface area contributed by atoms with Gasteiger partial charge in [0.2, 0.25) is 11.5 Å². The summed E-state index contributed by atoms with van der Waals surface area (Å²) in [5.41, 5.74) is 2.47. The van der Waals surface area contributed by atoms with Gasteiger partial charge in [-0.05, 0) is 45.0 Å². The predicted molar refractivity (Wildman–Crippen MR) is 94.2 cm³/mol. The summed E-state index contributed by atoms with van der Waals surface area (Å²) in [5.74, 6) is -0.235. The van der Waals surface area contributed by atoms with Gasteiger partial charge < -0.3 is 13.7 Å². The lowest BCUT2D eigenvalue weighted by Gasteiger charge is -2.06. The lowest BCUT2D eigenvalue weighted by molar-refractivity contribution is 0.0442. The Kier molecular flexibility index (Phi) is 5.06. The van der Waals surface area contributed by atoms with Gasteiger partial charge in [-0.25, -0.2) is 4.79 Å². The molecule has 0 aliphatic rings. The van der Waals surface area contributed by atoms with Crippen LogP contribution in [-0.2, 0) is 17.8 Å². The molecule has 26 heavy (non-hydrogen) atoms. The Morgan fingerprint density at radius 2 is 2.08 bits per heavy atom. The molecule has 0 saturated carbocycles. The first-order chi connectivity index (χ1) is 12.5. The van der Waals surface area contributed by atoms with Crippen molar-refractivity contribution < 1.29 is 18.7 Å². The molecule has 0 unspecified atom stereocenters. The van der Waals surface area contributed by atoms with Crippen LogP contribution in [0, 0.1) is 13.8 Å². The molecule has 0 spiro atoms. The zero-order chi connectivity index (χ0) is 18.7. The minimum absolute atomic E-state index is 0.0685. The Bertz CT molecular complexity index is 919. The van der Waals surface area contributed by atoms with E-state index < -0.39 is 5.97 Å². The van der Waals surface area contributed by atoms with E-state index in [-0.39, 0.29) is 18.2 Å². The van der Waals surface area contributed by atoms with E-state index in [1.807, 2.05) is 31.4 Å². The summed E-state index contributed by atoms with van der Waals surface area (Å²) in [6.07, 6.45) is 3.46. The number of Topliss-reactive ketones (excluding diaryl/α,β-unsaturated/α-hetero) is 1. The summed E-state index contributed by atoms with van der Waals surface area (Å²) >= 11 is 0. The zero-order valence-corrected chi connectivity index (χ0v) is 15.1. The highest BCUT2D eigenvalue weighted by atomic mass is 16.5. The minimum Gasteiger partial charge on any atom is -0.452 e. The molecule has 7 heteroatoms. The lowest BCUT2D eigenvalue weighted by atomic mass is 10.1. The summed E-state index contributed by atoms with van der Waals surface area (Å²) in [6, 6.07) is 6.85. The van der Waals surface area contributed by atoms with Gasteiger partial charge in [-0.3, -0.25) is 9.48 Å². The number of hydrogen-bond donors (Lipinski definition) is 0. The molecule has 0 aliphatic carbocycles. The number of nitrogens with zero attached hydrogens (tertiary/aromatic N) is 3. The second-order valence-electron chi connectivity index (χ2n) is 6.00. The van der Waals surface area contributed by atoms with E-state index >= 15 is 0 Å². The molecular formula is C19H21N3O4. The standard InChI is InChI=1S/C19H21N3O4/c1-4-22-13(2)10-16(14(22)3)17(23)12-25-19(24)18-7-6-15(26-18)11-21-9-5-8-20-21/h5-10H,4,11-12H2,1-3H3. The van der Waals surface area contributed by atoms with E-state index in [0.29, 0.717) is 17.9 Å². The SMILES string of the molecule is CCn1c(C)cc(C(=O)COC(=O)c2ccc(Cn3cccn3)o2)c1C. The third kappa shape index (κ3) is 3.61. The van der Waals surface area contributed by atoms with E-state index in [2.05, 4.69) is 5.10 Å². The maximum atomic E-state index is 12.4. The van der Waals surface area contributed by atoms with Crippen LogP contribution in [0.2, 0.25) is 0 Å². The van der Waals surface area contributed by atoms with Crippen LogP contribution >= 0.6 is 0 Å². The maximum absolute atomic E-state index is 12.4. The van der Waals surface area contributed by atoms with Crippen molar-refractivity contribution in [2.24, 2.45) is 0 Å². The van der Waals surface area contributed by atoms with Crippen molar-refractivity contribution in [3.63, 3.8) is 0 Å². The number of hydrogen-bond acceptors (Lipinski definition) is 5. The van der Waals surface area contributed by atoms with Crippen molar-refractivity contribution in [3.8, 4) is 0 Å². The fourth-order valence-electron chi connectivity index (χ4n) is 2.98. The Labute approximate surface area is 151 Å². The van der Waals surface area contributed by atoms with Crippen molar-refractivity contribution in [3.05, 3.63) is 65.1 Å². The Morgan fingerprint density at radius 3 is 2.73 bits per heavy atom. The molecule has 0 N–H and O–H groups in total. The second kappa shape index (κ2) is 7.43. The highest BCUT2D eigenvalue weighted by molar-refractivity contribution is 6.00. The molecule has 0 saturated heterocycles. The van der Waals surface area contributed by atoms with Crippen molar-refractivity contribution in [1.82, 2.24) is 14.3 Å². The minimum atomic E-state index is -0.658. The number of rotatable bonds is 7. The molecule has 0 amide bonds. The molecule has 0 bridgehead atoms. The van der Waals surface area contributed by atoms with E-state index in [1.165, 1.54) is 6.07 Å². The Balaban J connectivity index is 1.60. The molecule has 0 atom stereocenters. The van der Waals surface area contributed by atoms with E-state index in [4.69, 9.17) is 9.15 Å². The van der Waals surface area contributed by atoms with Crippen molar-refractivity contribution >= 4 is 11.8 Å². The van der Waals surface area contributed by atoms with Crippen molar-refractivity contribution in [1.29, 1.82) is 0 Å². The zero-order valence-electron chi connectivity index (χ0n) is 15.1. The van der Waals surface area contributed by atoms with Crippen LogP contribution in [0.1, 0.15) is 45.0 Å². The van der Waals surface area contributed by atoms with Crippen molar-refractivity contribution in [2.75, 3.05) is 6.61 Å². The van der Waals surface area contributed by atoms with Crippen LogP contribution in [0.4, 0.5) is 0 Å². The predicted octanol–water partition coefficient (Wildman–Crippen LogP) is 3.00. The highest BCUT2D eigenvalue weighted by Gasteiger charge is 2.19. The maximum Gasteiger partial charge on any atom is 0.374 e. The number of esters is 1. The quantitative estimate of drug-likeness (QED) is 0.481. The average Bonchev–Trinajstić information content (AvgIpc) is 3.34. The summed E-state index contributed by atoms with van der Waals surface area (Å²) in [7, 11) is 0. The summed E-state index contributed by atoms with van der Waals surface area (Å²) in [5, 5.41) is 4.08. The van der Waals surface area contributed by atoms with Gasteiger partial charge in [0.1, 0.15) is 5.76 Å². The van der Waals surface area contributed by atoms with Gasteiger partial charge in [-0.2, -0.15) is 5.10 Å². The monoisotopic (exact) mass is 355 g/mol. The molecular weight excluding hydrogens is 334 g/mol. The van der Waals surface area contributed by atoms with Crippen LogP contribution in [0.3, 0.4) is 0 Å². The van der Waals surface area contributed by atoms with Gasteiger partial charge in [0.15, 0.2) is 6.61 Å². The molecule has 3 heterocycles. The fourth-order valence-corrected chi connectivity index (χ4v) is 2.98. The van der Waals surface area contributed by atoms with Crippen molar-refractivity contribution in [2.45, 2.75) is 33.9 Å². The highest BCUT2D eigenvalue weighted by Crippen LogP contribution is 2.16. The largest absolute Gasteiger partial charge is 0.452 e.